The summed E-state index contributed by atoms with van der Waals surface area (Å²) in [4.78, 5) is 45.2. The van der Waals surface area contributed by atoms with Crippen molar-refractivity contribution in [2.24, 2.45) is 5.41 Å². The van der Waals surface area contributed by atoms with Crippen LogP contribution in [0.4, 0.5) is 14.6 Å². The summed E-state index contributed by atoms with van der Waals surface area (Å²) in [7, 11) is 1.54. The number of halogens is 3. The standard InChI is InChI=1S/C26H30ClF2N5O4/c1-26(2,15-35)14-33(3)22(36)13-34-23-17(6-9-21(32-23)30-12-20(28)29)10-19(25(34)38)24(37)31-11-16-4-7-18(27)8-5-16/h4-10,20,35H,11-15H2,1-3H3,(H,30,32)(H,31,37). The fraction of sp³-hybridized carbons (Fsp3) is 0.385. The van der Waals surface area contributed by atoms with Crippen LogP contribution >= 0.6 is 11.6 Å². The predicted molar refractivity (Wildman–Crippen MR) is 142 cm³/mol. The van der Waals surface area contributed by atoms with Crippen molar-refractivity contribution in [3.05, 3.63) is 69.0 Å². The summed E-state index contributed by atoms with van der Waals surface area (Å²) in [6, 6.07) is 11.2. The first-order valence-electron chi connectivity index (χ1n) is 11.8. The number of rotatable bonds is 11. The van der Waals surface area contributed by atoms with Gasteiger partial charge in [-0.2, -0.15) is 0 Å². The topological polar surface area (TPSA) is 117 Å². The van der Waals surface area contributed by atoms with E-state index >= 15 is 0 Å². The molecule has 0 aliphatic carbocycles. The number of likely N-dealkylation sites (N-methyl/N-ethyl adjacent to an activating group) is 1. The summed E-state index contributed by atoms with van der Waals surface area (Å²) in [6.45, 7) is 2.67. The molecule has 2 amide bonds. The van der Waals surface area contributed by atoms with Crippen LogP contribution in [0.3, 0.4) is 0 Å². The van der Waals surface area contributed by atoms with Gasteiger partial charge in [-0.3, -0.25) is 19.0 Å². The van der Waals surface area contributed by atoms with Crippen LogP contribution in [0, 0.1) is 5.41 Å². The second kappa shape index (κ2) is 12.3. The van der Waals surface area contributed by atoms with E-state index in [0.717, 1.165) is 10.1 Å². The van der Waals surface area contributed by atoms with Crippen LogP contribution in [0.5, 0.6) is 0 Å². The van der Waals surface area contributed by atoms with Crippen LogP contribution in [0.2, 0.25) is 5.02 Å². The second-order valence-electron chi connectivity index (χ2n) is 9.71. The van der Waals surface area contributed by atoms with Crippen molar-refractivity contribution in [3.8, 4) is 0 Å². The van der Waals surface area contributed by atoms with E-state index < -0.39 is 42.3 Å². The number of hydrogen-bond donors (Lipinski definition) is 3. The summed E-state index contributed by atoms with van der Waals surface area (Å²) in [5.74, 6) is -1.02. The van der Waals surface area contributed by atoms with E-state index in [1.54, 1.807) is 45.2 Å². The molecule has 0 unspecified atom stereocenters. The van der Waals surface area contributed by atoms with Crippen LogP contribution in [0.15, 0.2) is 47.3 Å². The number of amides is 2. The van der Waals surface area contributed by atoms with E-state index in [4.69, 9.17) is 11.6 Å². The number of carbonyl (C=O) groups excluding carboxylic acids is 2. The van der Waals surface area contributed by atoms with Gasteiger partial charge in [-0.1, -0.05) is 37.6 Å². The van der Waals surface area contributed by atoms with Crippen molar-refractivity contribution in [1.29, 1.82) is 0 Å². The Labute approximate surface area is 223 Å². The largest absolute Gasteiger partial charge is 0.396 e. The Morgan fingerprint density at radius 1 is 1.18 bits per heavy atom. The molecule has 38 heavy (non-hydrogen) atoms. The second-order valence-corrected chi connectivity index (χ2v) is 10.1. The number of fused-ring (bicyclic) bond motifs is 1. The third-order valence-electron chi connectivity index (χ3n) is 5.80. The van der Waals surface area contributed by atoms with Crippen molar-refractivity contribution in [3.63, 3.8) is 0 Å². The molecule has 0 bridgehead atoms. The number of aliphatic hydroxyl groups is 1. The predicted octanol–water partition coefficient (Wildman–Crippen LogP) is 3.13. The Morgan fingerprint density at radius 3 is 2.50 bits per heavy atom. The lowest BCUT2D eigenvalue weighted by atomic mass is 9.94. The third-order valence-corrected chi connectivity index (χ3v) is 6.05. The number of benzene rings is 1. The van der Waals surface area contributed by atoms with Gasteiger partial charge in [-0.25, -0.2) is 13.8 Å². The van der Waals surface area contributed by atoms with E-state index in [1.807, 2.05) is 0 Å². The van der Waals surface area contributed by atoms with Gasteiger partial charge in [0.05, 0.1) is 6.54 Å². The lowest BCUT2D eigenvalue weighted by Gasteiger charge is -2.28. The molecule has 0 aliphatic rings. The van der Waals surface area contributed by atoms with Crippen LogP contribution in [-0.2, 0) is 17.9 Å². The van der Waals surface area contributed by atoms with Crippen LogP contribution in [0.1, 0.15) is 29.8 Å². The average molecular weight is 550 g/mol. The van der Waals surface area contributed by atoms with Gasteiger partial charge in [0.2, 0.25) is 5.91 Å². The minimum Gasteiger partial charge on any atom is -0.396 e. The quantitative estimate of drug-likeness (QED) is 0.338. The van der Waals surface area contributed by atoms with Gasteiger partial charge < -0.3 is 20.6 Å². The zero-order valence-electron chi connectivity index (χ0n) is 21.3. The monoisotopic (exact) mass is 549 g/mol. The lowest BCUT2D eigenvalue weighted by molar-refractivity contribution is -0.132. The van der Waals surface area contributed by atoms with E-state index in [-0.39, 0.29) is 36.7 Å². The molecular formula is C26H30ClF2N5O4. The van der Waals surface area contributed by atoms with Gasteiger partial charge in [0, 0.05) is 42.6 Å². The Balaban J connectivity index is 1.98. The summed E-state index contributed by atoms with van der Waals surface area (Å²) in [5, 5.41) is 15.6. The van der Waals surface area contributed by atoms with Gasteiger partial charge in [-0.05, 0) is 35.9 Å². The first-order chi connectivity index (χ1) is 17.9. The number of carbonyl (C=O) groups is 2. The van der Waals surface area contributed by atoms with E-state index in [0.29, 0.717) is 10.4 Å². The number of aromatic nitrogens is 2. The maximum Gasteiger partial charge on any atom is 0.265 e. The number of nitrogens with one attached hydrogen (secondary N) is 2. The molecule has 3 rings (SSSR count). The molecule has 2 heterocycles. The van der Waals surface area contributed by atoms with Crippen LogP contribution in [0.25, 0.3) is 11.0 Å². The number of anilines is 1. The molecule has 0 aliphatic heterocycles. The Bertz CT molecular complexity index is 1360. The lowest BCUT2D eigenvalue weighted by Crippen LogP contribution is -2.41. The van der Waals surface area contributed by atoms with Crippen molar-refractivity contribution >= 4 is 40.3 Å². The van der Waals surface area contributed by atoms with Gasteiger partial charge in [0.1, 0.15) is 23.6 Å². The fourth-order valence-corrected chi connectivity index (χ4v) is 3.88. The number of alkyl halides is 2. The summed E-state index contributed by atoms with van der Waals surface area (Å²) in [6.07, 6.45) is -2.62. The molecule has 0 radical (unpaired) electrons. The maximum atomic E-state index is 13.5. The van der Waals surface area contributed by atoms with Gasteiger partial charge in [0.15, 0.2) is 0 Å². The van der Waals surface area contributed by atoms with Crippen LogP contribution in [-0.4, -0.2) is 64.5 Å². The third kappa shape index (κ3) is 7.48. The SMILES string of the molecule is CN(CC(C)(C)CO)C(=O)Cn1c(=O)c(C(=O)NCc2ccc(Cl)cc2)cc2ccc(NCC(F)F)nc21. The van der Waals surface area contributed by atoms with Crippen molar-refractivity contribution in [2.45, 2.75) is 33.4 Å². The summed E-state index contributed by atoms with van der Waals surface area (Å²) < 4.78 is 26.5. The fourth-order valence-electron chi connectivity index (χ4n) is 3.75. The number of aliphatic hydroxyl groups excluding tert-OH is 1. The first-order valence-corrected chi connectivity index (χ1v) is 12.2. The normalized spacial score (nSPS) is 11.6. The van der Waals surface area contributed by atoms with Gasteiger partial charge >= 0.3 is 0 Å². The number of nitrogens with zero attached hydrogens (tertiary/aromatic N) is 3. The van der Waals surface area contributed by atoms with Crippen LogP contribution < -0.4 is 16.2 Å². The minimum absolute atomic E-state index is 0.0617. The summed E-state index contributed by atoms with van der Waals surface area (Å²) in [5.41, 5.74) is -0.707. The zero-order chi connectivity index (χ0) is 28.0. The van der Waals surface area contributed by atoms with Gasteiger partial charge in [0.25, 0.3) is 17.9 Å². The molecule has 0 atom stereocenters. The molecule has 9 nitrogen and oxygen atoms in total. The molecule has 0 fully saturated rings. The molecule has 0 saturated heterocycles. The summed E-state index contributed by atoms with van der Waals surface area (Å²) >= 11 is 5.90. The molecule has 3 N–H and O–H groups in total. The smallest absolute Gasteiger partial charge is 0.265 e. The van der Waals surface area contributed by atoms with E-state index in [9.17, 15) is 28.3 Å². The average Bonchev–Trinajstić information content (AvgIpc) is 2.88. The highest BCUT2D eigenvalue weighted by molar-refractivity contribution is 6.30. The molecule has 3 aromatic rings. The first kappa shape index (κ1) is 29.0. The Morgan fingerprint density at radius 2 is 1.87 bits per heavy atom. The highest BCUT2D eigenvalue weighted by Crippen LogP contribution is 2.18. The molecule has 204 valence electrons. The maximum absolute atomic E-state index is 13.5. The minimum atomic E-state index is -2.62. The molecule has 1 aromatic carbocycles. The molecular weight excluding hydrogens is 520 g/mol. The number of pyridine rings is 2. The molecule has 0 spiro atoms. The molecule has 2 aromatic heterocycles. The molecule has 12 heteroatoms. The van der Waals surface area contributed by atoms with E-state index in [2.05, 4.69) is 15.6 Å². The molecule has 0 saturated carbocycles. The van der Waals surface area contributed by atoms with Crippen molar-refractivity contribution in [2.75, 3.05) is 32.1 Å². The Hall–Kier alpha value is -3.57. The van der Waals surface area contributed by atoms with Gasteiger partial charge in [-0.15, -0.1) is 0 Å². The van der Waals surface area contributed by atoms with E-state index in [1.165, 1.54) is 23.1 Å². The highest BCUT2D eigenvalue weighted by atomic mass is 35.5. The number of hydrogen-bond acceptors (Lipinski definition) is 6. The zero-order valence-corrected chi connectivity index (χ0v) is 22.1. The van der Waals surface area contributed by atoms with Crippen molar-refractivity contribution in [1.82, 2.24) is 19.8 Å². The van der Waals surface area contributed by atoms with Crippen molar-refractivity contribution < 1.29 is 23.5 Å². The Kier molecular flexibility index (Phi) is 9.40. The highest BCUT2D eigenvalue weighted by Gasteiger charge is 2.24.